The average molecular weight is 354 g/mol. The topological polar surface area (TPSA) is 61.5 Å². The molecule has 26 heavy (non-hydrogen) atoms. The molecule has 0 aliphatic carbocycles. The van der Waals surface area contributed by atoms with Crippen molar-refractivity contribution in [3.63, 3.8) is 0 Å². The summed E-state index contributed by atoms with van der Waals surface area (Å²) in [6, 6.07) is 8.55. The summed E-state index contributed by atoms with van der Waals surface area (Å²) in [5.74, 6) is -0.216. The summed E-state index contributed by atoms with van der Waals surface area (Å²) < 4.78 is 18.6. The largest absolute Gasteiger partial charge is 0.494 e. The molecule has 6 nitrogen and oxygen atoms in total. The molecule has 0 unspecified atom stereocenters. The van der Waals surface area contributed by atoms with Crippen LogP contribution < -0.4 is 9.64 Å². The van der Waals surface area contributed by atoms with Gasteiger partial charge in [0.15, 0.2) is 11.6 Å². The first-order chi connectivity index (χ1) is 12.7. The number of nitrogens with zero attached hydrogens (tertiary/aromatic N) is 3. The van der Waals surface area contributed by atoms with Crippen LogP contribution in [0, 0.1) is 5.82 Å². The number of benzene rings is 1. The van der Waals surface area contributed by atoms with Crippen molar-refractivity contribution in [1.29, 1.82) is 0 Å². The fraction of sp³-hybridized carbons (Fsp3) is 0.263. The maximum Gasteiger partial charge on any atom is 0.273 e. The molecular weight excluding hydrogens is 335 g/mol. The number of hydrogen-bond donors (Lipinski definition) is 1. The number of aromatic amines is 1. The number of ether oxygens (including phenoxy) is 1. The van der Waals surface area contributed by atoms with E-state index in [4.69, 9.17) is 4.74 Å². The zero-order valence-electron chi connectivity index (χ0n) is 14.4. The van der Waals surface area contributed by atoms with Gasteiger partial charge < -0.3 is 19.5 Å². The molecule has 1 amide bonds. The molecule has 1 aromatic carbocycles. The summed E-state index contributed by atoms with van der Waals surface area (Å²) >= 11 is 0. The lowest BCUT2D eigenvalue weighted by Crippen LogP contribution is -2.49. The number of methoxy groups -OCH3 is 1. The first kappa shape index (κ1) is 16.4. The molecule has 0 spiro atoms. The molecule has 3 aromatic rings. The minimum Gasteiger partial charge on any atom is -0.494 e. The Kier molecular flexibility index (Phi) is 4.20. The van der Waals surface area contributed by atoms with Crippen LogP contribution in [0.4, 0.5) is 10.1 Å². The molecule has 0 saturated carbocycles. The van der Waals surface area contributed by atoms with Crippen LogP contribution in [0.25, 0.3) is 10.9 Å². The van der Waals surface area contributed by atoms with Crippen LogP contribution in [-0.2, 0) is 0 Å². The molecule has 7 heteroatoms. The minimum atomic E-state index is -0.379. The fourth-order valence-corrected chi connectivity index (χ4v) is 3.32. The third-order valence-electron chi connectivity index (χ3n) is 4.75. The van der Waals surface area contributed by atoms with Gasteiger partial charge in [-0.05, 0) is 24.3 Å². The van der Waals surface area contributed by atoms with Gasteiger partial charge in [-0.3, -0.25) is 9.78 Å². The molecule has 4 rings (SSSR count). The van der Waals surface area contributed by atoms with E-state index in [2.05, 4.69) is 14.9 Å². The molecule has 1 N–H and O–H groups in total. The van der Waals surface area contributed by atoms with Crippen molar-refractivity contribution in [3.05, 3.63) is 54.2 Å². The highest BCUT2D eigenvalue weighted by molar-refractivity contribution is 6.04. The Labute approximate surface area is 150 Å². The van der Waals surface area contributed by atoms with Gasteiger partial charge in [0.1, 0.15) is 5.69 Å². The normalized spacial score (nSPS) is 14.7. The van der Waals surface area contributed by atoms with Crippen LogP contribution in [0.2, 0.25) is 0 Å². The number of fused-ring (bicyclic) bond motifs is 1. The van der Waals surface area contributed by atoms with Gasteiger partial charge in [0.25, 0.3) is 5.91 Å². The molecule has 1 aliphatic rings. The average Bonchev–Trinajstić information content (AvgIpc) is 3.17. The maximum atomic E-state index is 13.6. The molecule has 1 saturated heterocycles. The second-order valence-corrected chi connectivity index (χ2v) is 6.20. The summed E-state index contributed by atoms with van der Waals surface area (Å²) in [5, 5.41) is 0.836. The molecule has 1 fully saturated rings. The van der Waals surface area contributed by atoms with Crippen LogP contribution >= 0.6 is 0 Å². The van der Waals surface area contributed by atoms with Crippen molar-refractivity contribution in [1.82, 2.24) is 14.9 Å². The monoisotopic (exact) mass is 354 g/mol. The first-order valence-corrected chi connectivity index (χ1v) is 8.47. The lowest BCUT2D eigenvalue weighted by Gasteiger charge is -2.36. The van der Waals surface area contributed by atoms with Gasteiger partial charge in [0.2, 0.25) is 0 Å². The highest BCUT2D eigenvalue weighted by atomic mass is 19.1. The van der Waals surface area contributed by atoms with Gasteiger partial charge in [-0.1, -0.05) is 0 Å². The number of hydrogen-bond acceptors (Lipinski definition) is 4. The van der Waals surface area contributed by atoms with E-state index in [1.165, 1.54) is 13.2 Å². The summed E-state index contributed by atoms with van der Waals surface area (Å²) in [6.45, 7) is 2.51. The number of nitrogens with one attached hydrogen (secondary N) is 1. The quantitative estimate of drug-likeness (QED) is 0.786. The van der Waals surface area contributed by atoms with E-state index in [-0.39, 0.29) is 17.5 Å². The van der Waals surface area contributed by atoms with Crippen LogP contribution in [0.15, 0.2) is 42.7 Å². The number of aromatic nitrogens is 2. The molecule has 1 aliphatic heterocycles. The zero-order chi connectivity index (χ0) is 18.1. The summed E-state index contributed by atoms with van der Waals surface area (Å²) in [7, 11) is 1.45. The van der Waals surface area contributed by atoms with Crippen LogP contribution in [0.5, 0.6) is 5.75 Å². The van der Waals surface area contributed by atoms with Crippen LogP contribution in [-0.4, -0.2) is 54.1 Å². The van der Waals surface area contributed by atoms with Crippen LogP contribution in [0.1, 0.15) is 10.5 Å². The first-order valence-electron chi connectivity index (χ1n) is 8.47. The van der Waals surface area contributed by atoms with E-state index in [1.807, 2.05) is 23.2 Å². The van der Waals surface area contributed by atoms with Crippen molar-refractivity contribution >= 4 is 22.5 Å². The molecule has 3 heterocycles. The van der Waals surface area contributed by atoms with Gasteiger partial charge in [-0.2, -0.15) is 0 Å². The Morgan fingerprint density at radius 3 is 2.77 bits per heavy atom. The second-order valence-electron chi connectivity index (χ2n) is 6.20. The molecule has 0 bridgehead atoms. The predicted molar refractivity (Wildman–Crippen MR) is 97.2 cm³/mol. The third-order valence-corrected chi connectivity index (χ3v) is 4.75. The van der Waals surface area contributed by atoms with Crippen molar-refractivity contribution in [2.75, 3.05) is 38.2 Å². The van der Waals surface area contributed by atoms with Gasteiger partial charge in [0.05, 0.1) is 7.11 Å². The Morgan fingerprint density at radius 1 is 1.19 bits per heavy atom. The summed E-state index contributed by atoms with van der Waals surface area (Å²) in [4.78, 5) is 24.2. The van der Waals surface area contributed by atoms with Gasteiger partial charge in [-0.25, -0.2) is 4.39 Å². The number of anilines is 1. The number of piperazine rings is 1. The molecular formula is C19H19FN4O2. The Bertz CT molecular complexity index is 948. The number of rotatable bonds is 3. The number of pyridine rings is 1. The molecule has 134 valence electrons. The van der Waals surface area contributed by atoms with Crippen molar-refractivity contribution in [2.24, 2.45) is 0 Å². The van der Waals surface area contributed by atoms with E-state index in [0.29, 0.717) is 31.9 Å². The van der Waals surface area contributed by atoms with Crippen molar-refractivity contribution in [3.8, 4) is 5.75 Å². The smallest absolute Gasteiger partial charge is 0.273 e. The Balaban J connectivity index is 1.48. The van der Waals surface area contributed by atoms with Gasteiger partial charge in [0, 0.05) is 61.2 Å². The SMILES string of the molecule is COc1cc(N2CCN(C(=O)c3nccc4[nH]ccc34)CC2)ccc1F. The zero-order valence-corrected chi connectivity index (χ0v) is 14.4. The fourth-order valence-electron chi connectivity index (χ4n) is 3.32. The minimum absolute atomic E-state index is 0.0634. The van der Waals surface area contributed by atoms with E-state index in [1.54, 1.807) is 18.3 Å². The number of carbonyl (C=O) groups is 1. The van der Waals surface area contributed by atoms with Gasteiger partial charge in [-0.15, -0.1) is 0 Å². The predicted octanol–water partition coefficient (Wildman–Crippen LogP) is 2.67. The Hall–Kier alpha value is -3.09. The van der Waals surface area contributed by atoms with E-state index < -0.39 is 0 Å². The molecule has 2 aromatic heterocycles. The van der Waals surface area contributed by atoms with Gasteiger partial charge >= 0.3 is 0 Å². The summed E-state index contributed by atoms with van der Waals surface area (Å²) in [5.41, 5.74) is 2.27. The number of H-pyrrole nitrogens is 1. The van der Waals surface area contributed by atoms with Crippen molar-refractivity contribution < 1.29 is 13.9 Å². The number of amides is 1. The van der Waals surface area contributed by atoms with E-state index >= 15 is 0 Å². The highest BCUT2D eigenvalue weighted by Gasteiger charge is 2.25. The highest BCUT2D eigenvalue weighted by Crippen LogP contribution is 2.26. The Morgan fingerprint density at radius 2 is 2.00 bits per heavy atom. The number of carbonyl (C=O) groups excluding carboxylic acids is 1. The lowest BCUT2D eigenvalue weighted by molar-refractivity contribution is 0.0743. The van der Waals surface area contributed by atoms with Crippen LogP contribution in [0.3, 0.4) is 0 Å². The molecule has 0 radical (unpaired) electrons. The van der Waals surface area contributed by atoms with Crippen molar-refractivity contribution in [2.45, 2.75) is 0 Å². The molecule has 0 atom stereocenters. The third kappa shape index (κ3) is 2.85. The number of halogens is 1. The lowest BCUT2D eigenvalue weighted by atomic mass is 10.2. The standard InChI is InChI=1S/C19H19FN4O2/c1-26-17-12-13(2-3-15(17)20)23-8-10-24(11-9-23)19(25)18-14-4-6-21-16(14)5-7-22-18/h2-7,12,21H,8-11H2,1H3. The van der Waals surface area contributed by atoms with E-state index in [9.17, 15) is 9.18 Å². The second kappa shape index (κ2) is 6.67. The summed E-state index contributed by atoms with van der Waals surface area (Å²) in [6.07, 6.45) is 3.45. The maximum absolute atomic E-state index is 13.6. The van der Waals surface area contributed by atoms with E-state index in [0.717, 1.165) is 16.6 Å².